The first kappa shape index (κ1) is 33.5. The summed E-state index contributed by atoms with van der Waals surface area (Å²) in [4.78, 5) is 33.6. The Morgan fingerprint density at radius 1 is 0.812 bits per heavy atom. The molecule has 2 aromatic carbocycles. The Labute approximate surface area is 277 Å². The fraction of sp³-hybridized carbons (Fsp3) is 0.212. The number of anilines is 2. The van der Waals surface area contributed by atoms with Crippen LogP contribution in [0.5, 0.6) is 23.1 Å². The smallest absolute Gasteiger partial charge is 0.412 e. The molecule has 3 aromatic heterocycles. The van der Waals surface area contributed by atoms with Gasteiger partial charge >= 0.3 is 6.09 Å². The number of sulfonamides is 1. The SMILES string of the molecule is COc1ccccc1Oc1c(NS(=O)(=O)c2ccc(CC(C)C)cc2)nc(-c2ncccn2)nc1OCCOC(=O)Nc1ccccn1. The second-order valence-corrected chi connectivity index (χ2v) is 12.2. The van der Waals surface area contributed by atoms with Gasteiger partial charge in [0, 0.05) is 18.6 Å². The highest BCUT2D eigenvalue weighted by Gasteiger charge is 2.26. The Hall–Kier alpha value is -5.83. The maximum Gasteiger partial charge on any atom is 0.412 e. The summed E-state index contributed by atoms with van der Waals surface area (Å²) >= 11 is 0. The molecule has 248 valence electrons. The first-order valence-electron chi connectivity index (χ1n) is 14.8. The molecule has 48 heavy (non-hydrogen) atoms. The summed E-state index contributed by atoms with van der Waals surface area (Å²) in [6, 6.07) is 20.0. The third-order valence-corrected chi connectivity index (χ3v) is 7.80. The monoisotopic (exact) mass is 671 g/mol. The number of carbonyl (C=O) groups excluding carboxylic acids is 1. The number of benzene rings is 2. The van der Waals surface area contributed by atoms with E-state index >= 15 is 0 Å². The van der Waals surface area contributed by atoms with Gasteiger partial charge in [0.2, 0.25) is 11.6 Å². The molecule has 15 heteroatoms. The lowest BCUT2D eigenvalue weighted by atomic mass is 10.0. The molecule has 0 unspecified atom stereocenters. The van der Waals surface area contributed by atoms with Crippen LogP contribution in [0.25, 0.3) is 11.6 Å². The molecule has 0 aliphatic carbocycles. The average Bonchev–Trinajstić information content (AvgIpc) is 3.08. The van der Waals surface area contributed by atoms with E-state index < -0.39 is 16.1 Å². The van der Waals surface area contributed by atoms with Gasteiger partial charge in [-0.15, -0.1) is 0 Å². The normalized spacial score (nSPS) is 11.1. The summed E-state index contributed by atoms with van der Waals surface area (Å²) < 4.78 is 52.7. The standard InChI is InChI=1S/C33H33N7O7S/c1-22(2)21-23-12-14-24(15-13-23)48(42,43)40-29-28(47-26-10-5-4-9-25(26)44-3)32(39-31(38-29)30-35-17-8-18-36-30)45-19-20-46-33(41)37-27-11-6-7-16-34-27/h4-18,22H,19-21H2,1-3H3,(H,34,37,41)(H,38,39,40). The minimum Gasteiger partial charge on any atom is -0.493 e. The molecule has 0 aliphatic heterocycles. The van der Waals surface area contributed by atoms with Crippen LogP contribution >= 0.6 is 0 Å². The molecule has 5 rings (SSSR count). The van der Waals surface area contributed by atoms with Gasteiger partial charge in [-0.3, -0.25) is 10.0 Å². The van der Waals surface area contributed by atoms with Gasteiger partial charge in [-0.1, -0.05) is 44.2 Å². The van der Waals surface area contributed by atoms with Crippen molar-refractivity contribution in [2.45, 2.75) is 25.2 Å². The molecule has 0 bridgehead atoms. The van der Waals surface area contributed by atoms with Gasteiger partial charge in [-0.25, -0.2) is 33.1 Å². The highest BCUT2D eigenvalue weighted by atomic mass is 32.2. The number of amides is 1. The molecule has 0 saturated heterocycles. The van der Waals surface area contributed by atoms with Gasteiger partial charge in [0.15, 0.2) is 23.1 Å². The lowest BCUT2D eigenvalue weighted by molar-refractivity contribution is 0.135. The molecule has 0 atom stereocenters. The van der Waals surface area contributed by atoms with E-state index in [9.17, 15) is 13.2 Å². The van der Waals surface area contributed by atoms with Crippen molar-refractivity contribution in [3.8, 4) is 34.8 Å². The number of nitrogens with zero attached hydrogens (tertiary/aromatic N) is 5. The molecule has 0 spiro atoms. The average molecular weight is 672 g/mol. The van der Waals surface area contributed by atoms with Crippen molar-refractivity contribution in [3.05, 3.63) is 97.0 Å². The lowest BCUT2D eigenvalue weighted by Crippen LogP contribution is -2.19. The maximum atomic E-state index is 13.7. The summed E-state index contributed by atoms with van der Waals surface area (Å²) in [6.07, 6.45) is 4.55. The molecule has 2 N–H and O–H groups in total. The molecule has 5 aromatic rings. The number of hydrogen-bond acceptors (Lipinski definition) is 12. The number of methoxy groups -OCH3 is 1. The van der Waals surface area contributed by atoms with Crippen LogP contribution in [0.1, 0.15) is 19.4 Å². The fourth-order valence-electron chi connectivity index (χ4n) is 4.33. The zero-order valence-corrected chi connectivity index (χ0v) is 27.2. The van der Waals surface area contributed by atoms with Gasteiger partial charge in [0.05, 0.1) is 12.0 Å². The van der Waals surface area contributed by atoms with Crippen molar-refractivity contribution in [2.75, 3.05) is 30.4 Å². The Bertz CT molecular complexity index is 1930. The van der Waals surface area contributed by atoms with Crippen molar-refractivity contribution >= 4 is 27.8 Å². The highest BCUT2D eigenvalue weighted by molar-refractivity contribution is 7.92. The fourth-order valence-corrected chi connectivity index (χ4v) is 5.33. The van der Waals surface area contributed by atoms with Crippen molar-refractivity contribution in [1.29, 1.82) is 0 Å². The van der Waals surface area contributed by atoms with Crippen LogP contribution in [0.2, 0.25) is 0 Å². The number of hydrogen-bond donors (Lipinski definition) is 2. The quantitative estimate of drug-likeness (QED) is 0.137. The largest absolute Gasteiger partial charge is 0.493 e. The first-order valence-corrected chi connectivity index (χ1v) is 16.3. The summed E-state index contributed by atoms with van der Waals surface area (Å²) in [6.45, 7) is 3.76. The van der Waals surface area contributed by atoms with Crippen LogP contribution in [0.4, 0.5) is 16.4 Å². The number of pyridine rings is 1. The van der Waals surface area contributed by atoms with E-state index in [0.29, 0.717) is 17.5 Å². The molecule has 0 aliphatic rings. The molecule has 0 fully saturated rings. The third-order valence-electron chi connectivity index (χ3n) is 6.44. The summed E-state index contributed by atoms with van der Waals surface area (Å²) in [5.74, 6) is 0.699. The Kier molecular flexibility index (Phi) is 10.9. The van der Waals surface area contributed by atoms with Crippen LogP contribution in [0, 0.1) is 5.92 Å². The number of carbonyl (C=O) groups is 1. The van der Waals surface area contributed by atoms with E-state index in [-0.39, 0.29) is 53.0 Å². The van der Waals surface area contributed by atoms with Crippen LogP contribution in [0.15, 0.2) is 96.3 Å². The second kappa shape index (κ2) is 15.6. The number of rotatable bonds is 14. The first-order chi connectivity index (χ1) is 23.2. The molecule has 0 radical (unpaired) electrons. The van der Waals surface area contributed by atoms with Gasteiger partial charge in [0.25, 0.3) is 15.9 Å². The molecule has 0 saturated carbocycles. The van der Waals surface area contributed by atoms with E-state index in [1.165, 1.54) is 37.8 Å². The second-order valence-electron chi connectivity index (χ2n) is 10.5. The number of ether oxygens (including phenoxy) is 4. The maximum absolute atomic E-state index is 13.7. The lowest BCUT2D eigenvalue weighted by Gasteiger charge is -2.18. The van der Waals surface area contributed by atoms with Crippen molar-refractivity contribution in [1.82, 2.24) is 24.9 Å². The van der Waals surface area contributed by atoms with Crippen LogP contribution in [0.3, 0.4) is 0 Å². The molecular formula is C33H33N7O7S. The van der Waals surface area contributed by atoms with E-state index in [2.05, 4.69) is 48.8 Å². The van der Waals surface area contributed by atoms with Crippen LogP contribution < -0.4 is 24.2 Å². The number of aromatic nitrogens is 5. The Morgan fingerprint density at radius 3 is 2.21 bits per heavy atom. The van der Waals surface area contributed by atoms with E-state index in [1.54, 1.807) is 60.7 Å². The number of para-hydroxylation sites is 2. The Balaban J connectivity index is 1.49. The van der Waals surface area contributed by atoms with Crippen molar-refractivity contribution in [2.24, 2.45) is 5.92 Å². The molecular weight excluding hydrogens is 638 g/mol. The highest BCUT2D eigenvalue weighted by Crippen LogP contribution is 2.41. The van der Waals surface area contributed by atoms with E-state index in [0.717, 1.165) is 12.0 Å². The van der Waals surface area contributed by atoms with Crippen LogP contribution in [-0.4, -0.2) is 59.8 Å². The summed E-state index contributed by atoms with van der Waals surface area (Å²) in [5.41, 5.74) is 1.00. The molecule has 14 nitrogen and oxygen atoms in total. The van der Waals surface area contributed by atoms with Crippen LogP contribution in [-0.2, 0) is 21.2 Å². The number of nitrogens with one attached hydrogen (secondary N) is 2. The molecule has 3 heterocycles. The topological polar surface area (TPSA) is 177 Å². The summed E-state index contributed by atoms with van der Waals surface area (Å²) in [5, 5.41) is 2.51. The van der Waals surface area contributed by atoms with E-state index in [4.69, 9.17) is 18.9 Å². The minimum atomic E-state index is -4.20. The predicted octanol–water partition coefficient (Wildman–Crippen LogP) is 5.76. The summed E-state index contributed by atoms with van der Waals surface area (Å²) in [7, 11) is -2.74. The van der Waals surface area contributed by atoms with E-state index in [1.807, 2.05) is 0 Å². The zero-order valence-electron chi connectivity index (χ0n) is 26.4. The minimum absolute atomic E-state index is 0.00385. The third kappa shape index (κ3) is 8.91. The van der Waals surface area contributed by atoms with Gasteiger partial charge < -0.3 is 18.9 Å². The van der Waals surface area contributed by atoms with Gasteiger partial charge in [-0.05, 0) is 60.4 Å². The molecule has 1 amide bonds. The Morgan fingerprint density at radius 2 is 1.52 bits per heavy atom. The zero-order chi connectivity index (χ0) is 33.9. The van der Waals surface area contributed by atoms with Gasteiger partial charge in [0.1, 0.15) is 19.0 Å². The van der Waals surface area contributed by atoms with Gasteiger partial charge in [-0.2, -0.15) is 4.98 Å². The van der Waals surface area contributed by atoms with Crippen molar-refractivity contribution in [3.63, 3.8) is 0 Å². The van der Waals surface area contributed by atoms with Crippen molar-refractivity contribution < 1.29 is 32.2 Å². The predicted molar refractivity (Wildman–Crippen MR) is 177 cm³/mol.